The molecule has 0 amide bonds. The van der Waals surface area contributed by atoms with Crippen LogP contribution in [0.5, 0.6) is 0 Å². The first-order valence-corrected chi connectivity index (χ1v) is 8.82. The molecule has 0 bridgehead atoms. The van der Waals surface area contributed by atoms with Crippen LogP contribution in [0.15, 0.2) is 20.0 Å². The summed E-state index contributed by atoms with van der Waals surface area (Å²) in [6.07, 6.45) is 9.75. The standard InChI is InChI=1S/C18H22N4O4/c1-13-5-7-17(21-11-25,8-16(13)20-10-24)18(22-12-26)6-3-4-15(14(18)2)19-9-23/h13-16H,3-8H2,1-2H3. The van der Waals surface area contributed by atoms with E-state index in [1.165, 1.54) is 0 Å². The molecule has 2 aliphatic carbocycles. The van der Waals surface area contributed by atoms with E-state index in [-0.39, 0.29) is 30.3 Å². The molecule has 0 radical (unpaired) electrons. The molecule has 2 fully saturated rings. The molecule has 6 unspecified atom stereocenters. The molecule has 2 saturated carbocycles. The number of rotatable bonds is 5. The Labute approximate surface area is 151 Å². The molecule has 0 aromatic carbocycles. The van der Waals surface area contributed by atoms with Gasteiger partial charge in [0.2, 0.25) is 24.3 Å². The monoisotopic (exact) mass is 358 g/mol. The minimum atomic E-state index is -1.05. The molecule has 0 saturated heterocycles. The molecule has 0 heterocycles. The highest BCUT2D eigenvalue weighted by molar-refractivity contribution is 5.42. The zero-order valence-corrected chi connectivity index (χ0v) is 15.0. The highest BCUT2D eigenvalue weighted by atomic mass is 16.1. The van der Waals surface area contributed by atoms with Crippen molar-refractivity contribution in [3.05, 3.63) is 0 Å². The maximum absolute atomic E-state index is 11.3. The topological polar surface area (TPSA) is 118 Å². The van der Waals surface area contributed by atoms with Gasteiger partial charge in [0.15, 0.2) is 0 Å². The van der Waals surface area contributed by atoms with Crippen LogP contribution in [-0.4, -0.2) is 47.5 Å². The Morgan fingerprint density at radius 3 is 2.08 bits per heavy atom. The first kappa shape index (κ1) is 19.8. The van der Waals surface area contributed by atoms with Crippen molar-refractivity contribution < 1.29 is 19.2 Å². The molecule has 0 N–H and O–H groups in total. The molecular formula is C18H22N4O4. The van der Waals surface area contributed by atoms with Gasteiger partial charge in [-0.2, -0.15) is 9.98 Å². The Balaban J connectivity index is 2.62. The van der Waals surface area contributed by atoms with Gasteiger partial charge in [-0.15, -0.1) is 0 Å². The number of hydrogen-bond donors (Lipinski definition) is 0. The van der Waals surface area contributed by atoms with Crippen molar-refractivity contribution in [1.29, 1.82) is 0 Å². The predicted molar refractivity (Wildman–Crippen MR) is 91.6 cm³/mol. The maximum Gasteiger partial charge on any atom is 0.235 e. The van der Waals surface area contributed by atoms with Crippen molar-refractivity contribution >= 4 is 24.3 Å². The number of aliphatic imine (C=N–C) groups is 4. The molecule has 2 aliphatic rings. The number of hydrogen-bond acceptors (Lipinski definition) is 8. The Morgan fingerprint density at radius 1 is 0.808 bits per heavy atom. The van der Waals surface area contributed by atoms with Gasteiger partial charge >= 0.3 is 0 Å². The number of isocyanates is 4. The molecule has 0 spiro atoms. The van der Waals surface area contributed by atoms with Crippen LogP contribution < -0.4 is 0 Å². The van der Waals surface area contributed by atoms with Gasteiger partial charge in [0, 0.05) is 5.92 Å². The van der Waals surface area contributed by atoms with E-state index in [2.05, 4.69) is 20.0 Å². The van der Waals surface area contributed by atoms with Crippen molar-refractivity contribution in [1.82, 2.24) is 0 Å². The van der Waals surface area contributed by atoms with Gasteiger partial charge in [0.05, 0.1) is 12.1 Å². The summed E-state index contributed by atoms with van der Waals surface area (Å²) in [7, 11) is 0. The molecule has 0 aliphatic heterocycles. The number of carbonyl (C=O) groups excluding carboxylic acids is 4. The molecule has 2 rings (SSSR count). The van der Waals surface area contributed by atoms with Gasteiger partial charge in [-0.25, -0.2) is 29.2 Å². The van der Waals surface area contributed by atoms with Gasteiger partial charge in [-0.3, -0.25) is 0 Å². The highest BCUT2D eigenvalue weighted by Gasteiger charge is 2.60. The second-order valence-electron chi connectivity index (χ2n) is 7.34. The fraction of sp³-hybridized carbons (Fsp3) is 0.778. The smallest absolute Gasteiger partial charge is 0.211 e. The fourth-order valence-corrected chi connectivity index (χ4v) is 4.85. The van der Waals surface area contributed by atoms with Crippen LogP contribution in [0.3, 0.4) is 0 Å². The molecular weight excluding hydrogens is 336 g/mol. The van der Waals surface area contributed by atoms with Crippen LogP contribution in [0.2, 0.25) is 0 Å². The van der Waals surface area contributed by atoms with Crippen LogP contribution in [0, 0.1) is 11.8 Å². The molecule has 8 nitrogen and oxygen atoms in total. The van der Waals surface area contributed by atoms with E-state index in [0.29, 0.717) is 32.1 Å². The summed E-state index contributed by atoms with van der Waals surface area (Å²) in [5, 5.41) is 0. The summed E-state index contributed by atoms with van der Waals surface area (Å²) in [6, 6.07) is -0.747. The fourth-order valence-electron chi connectivity index (χ4n) is 4.85. The van der Waals surface area contributed by atoms with Crippen molar-refractivity contribution in [2.24, 2.45) is 31.8 Å². The Hall–Kier alpha value is -2.48. The van der Waals surface area contributed by atoms with Crippen molar-refractivity contribution in [2.45, 2.75) is 75.5 Å². The molecule has 138 valence electrons. The molecule has 0 aromatic heterocycles. The minimum absolute atomic E-state index is 0.117. The lowest BCUT2D eigenvalue weighted by Gasteiger charge is -2.54. The summed E-state index contributed by atoms with van der Waals surface area (Å²) in [5.41, 5.74) is -2.09. The Bertz CT molecular complexity index is 729. The van der Waals surface area contributed by atoms with Gasteiger partial charge < -0.3 is 0 Å². The molecule has 6 atom stereocenters. The van der Waals surface area contributed by atoms with Crippen LogP contribution in [0.1, 0.15) is 52.4 Å². The van der Waals surface area contributed by atoms with Gasteiger partial charge in [0.25, 0.3) is 0 Å². The van der Waals surface area contributed by atoms with Crippen molar-refractivity contribution in [3.8, 4) is 0 Å². The maximum atomic E-state index is 11.3. The van der Waals surface area contributed by atoms with E-state index in [4.69, 9.17) is 0 Å². The van der Waals surface area contributed by atoms with Crippen molar-refractivity contribution in [3.63, 3.8) is 0 Å². The summed E-state index contributed by atoms with van der Waals surface area (Å²) in [5.74, 6) is -0.211. The van der Waals surface area contributed by atoms with E-state index in [9.17, 15) is 19.2 Å². The first-order valence-electron chi connectivity index (χ1n) is 8.82. The average Bonchev–Trinajstić information content (AvgIpc) is 2.62. The third-order valence-electron chi connectivity index (χ3n) is 6.35. The second-order valence-corrected chi connectivity index (χ2v) is 7.34. The average molecular weight is 358 g/mol. The Morgan fingerprint density at radius 2 is 1.46 bits per heavy atom. The van der Waals surface area contributed by atoms with E-state index in [1.807, 2.05) is 13.8 Å². The summed E-state index contributed by atoms with van der Waals surface area (Å²) in [4.78, 5) is 60.3. The third kappa shape index (κ3) is 3.29. The third-order valence-corrected chi connectivity index (χ3v) is 6.35. The first-order chi connectivity index (χ1) is 12.5. The van der Waals surface area contributed by atoms with E-state index >= 15 is 0 Å². The minimum Gasteiger partial charge on any atom is -0.211 e. The van der Waals surface area contributed by atoms with Crippen LogP contribution in [-0.2, 0) is 19.2 Å². The van der Waals surface area contributed by atoms with Gasteiger partial charge in [-0.1, -0.05) is 13.8 Å². The number of nitrogens with zero attached hydrogens (tertiary/aromatic N) is 4. The molecule has 26 heavy (non-hydrogen) atoms. The highest BCUT2D eigenvalue weighted by Crippen LogP contribution is 2.53. The lowest BCUT2D eigenvalue weighted by molar-refractivity contribution is 0.0473. The SMILES string of the molecule is CC1CCC(N=C=O)(C2(N=C=O)CCCC(N=C=O)C2C)CC1N=C=O. The Kier molecular flexibility index (Phi) is 6.31. The van der Waals surface area contributed by atoms with Crippen LogP contribution in [0.25, 0.3) is 0 Å². The lowest BCUT2D eigenvalue weighted by atomic mass is 9.56. The normalized spacial score (nSPS) is 39.3. The van der Waals surface area contributed by atoms with Crippen LogP contribution in [0.4, 0.5) is 0 Å². The summed E-state index contributed by atoms with van der Waals surface area (Å²) >= 11 is 0. The summed E-state index contributed by atoms with van der Waals surface area (Å²) < 4.78 is 0. The zero-order valence-electron chi connectivity index (χ0n) is 15.0. The molecule has 0 aromatic rings. The predicted octanol–water partition coefficient (Wildman–Crippen LogP) is 2.18. The quantitative estimate of drug-likeness (QED) is 0.553. The van der Waals surface area contributed by atoms with E-state index < -0.39 is 11.1 Å². The van der Waals surface area contributed by atoms with Gasteiger partial charge in [0.1, 0.15) is 11.1 Å². The largest absolute Gasteiger partial charge is 0.235 e. The van der Waals surface area contributed by atoms with E-state index in [1.54, 1.807) is 24.3 Å². The zero-order chi connectivity index (χ0) is 19.2. The van der Waals surface area contributed by atoms with Gasteiger partial charge in [-0.05, 0) is 44.4 Å². The molecule has 8 heteroatoms. The van der Waals surface area contributed by atoms with Crippen LogP contribution >= 0.6 is 0 Å². The van der Waals surface area contributed by atoms with Crippen molar-refractivity contribution in [2.75, 3.05) is 0 Å². The lowest BCUT2D eigenvalue weighted by Crippen LogP contribution is -2.62. The van der Waals surface area contributed by atoms with E-state index in [0.717, 1.165) is 0 Å². The summed E-state index contributed by atoms with van der Waals surface area (Å²) in [6.45, 7) is 3.82. The second kappa shape index (κ2) is 8.27.